The topological polar surface area (TPSA) is 88.8 Å². The van der Waals surface area contributed by atoms with Crippen LogP contribution in [0.15, 0.2) is 9.31 Å². The fraction of sp³-hybridized carbons (Fsp3) is 0.615. The minimum absolute atomic E-state index is 0. The fourth-order valence-corrected chi connectivity index (χ4v) is 4.46. The lowest BCUT2D eigenvalue weighted by Gasteiger charge is -2.31. The molecule has 1 N–H and O–H groups in total. The molecule has 0 unspecified atom stereocenters. The molecule has 2 heterocycles. The van der Waals surface area contributed by atoms with Crippen molar-refractivity contribution in [3.63, 3.8) is 0 Å². The molecular weight excluding hydrogens is 332 g/mol. The van der Waals surface area contributed by atoms with Crippen LogP contribution in [0.1, 0.15) is 28.8 Å². The van der Waals surface area contributed by atoms with Gasteiger partial charge in [-0.05, 0) is 20.8 Å². The van der Waals surface area contributed by atoms with Crippen molar-refractivity contribution in [3.05, 3.63) is 17.1 Å². The lowest BCUT2D eigenvalue weighted by Crippen LogP contribution is -2.51. The van der Waals surface area contributed by atoms with Crippen LogP contribution in [0.2, 0.25) is 0 Å². The van der Waals surface area contributed by atoms with Crippen molar-refractivity contribution in [2.75, 3.05) is 26.7 Å². The molecule has 0 aromatic carbocycles. The summed E-state index contributed by atoms with van der Waals surface area (Å²) in [7, 11) is -2.58. The molecule has 7 nitrogen and oxygen atoms in total. The van der Waals surface area contributed by atoms with Gasteiger partial charge in [0.15, 0.2) is 0 Å². The van der Waals surface area contributed by atoms with Crippen molar-refractivity contribution in [1.29, 1.82) is 0 Å². The molecule has 0 spiro atoms. The summed E-state index contributed by atoms with van der Waals surface area (Å²) >= 11 is 0. The van der Waals surface area contributed by atoms with Gasteiger partial charge in [-0.2, -0.15) is 4.31 Å². The Labute approximate surface area is 136 Å². The Bertz CT molecular complexity index is 656. The van der Waals surface area contributed by atoms with Crippen LogP contribution in [0.4, 0.5) is 0 Å². The Hall–Kier alpha value is -1.09. The quantitative estimate of drug-likeness (QED) is 0.819. The zero-order valence-corrected chi connectivity index (χ0v) is 14.6. The van der Waals surface area contributed by atoms with Gasteiger partial charge in [0, 0.05) is 25.7 Å². The maximum absolute atomic E-state index is 12.8. The second kappa shape index (κ2) is 6.99. The Morgan fingerprint density at radius 3 is 2.55 bits per heavy atom. The number of ether oxygens (including phenoxy) is 1. The van der Waals surface area contributed by atoms with Crippen molar-refractivity contribution in [2.45, 2.75) is 31.7 Å². The first kappa shape index (κ1) is 19.0. The summed E-state index contributed by atoms with van der Waals surface area (Å²) in [4.78, 5) is 11.8. The first-order valence-corrected chi connectivity index (χ1v) is 8.15. The lowest BCUT2D eigenvalue weighted by molar-refractivity contribution is 0.0594. The number of nitrogens with one attached hydrogen (secondary N) is 1. The maximum Gasteiger partial charge on any atom is 0.342 e. The number of halogens is 1. The van der Waals surface area contributed by atoms with Crippen LogP contribution in [-0.4, -0.2) is 51.5 Å². The Kier molecular flexibility index (Phi) is 6.03. The van der Waals surface area contributed by atoms with Gasteiger partial charge in [0.1, 0.15) is 22.0 Å². The van der Waals surface area contributed by atoms with E-state index < -0.39 is 16.0 Å². The smallest absolute Gasteiger partial charge is 0.342 e. The summed E-state index contributed by atoms with van der Waals surface area (Å²) in [6.07, 6.45) is 0. The van der Waals surface area contributed by atoms with Crippen molar-refractivity contribution < 1.29 is 22.4 Å². The molecule has 1 aromatic rings. The van der Waals surface area contributed by atoms with Crippen LogP contribution in [0.3, 0.4) is 0 Å². The molecule has 0 saturated carbocycles. The summed E-state index contributed by atoms with van der Waals surface area (Å²) in [5.74, 6) is -0.244. The Balaban J connectivity index is 0.00000242. The van der Waals surface area contributed by atoms with E-state index in [0.29, 0.717) is 19.6 Å². The first-order chi connectivity index (χ1) is 9.78. The summed E-state index contributed by atoms with van der Waals surface area (Å²) in [5.41, 5.74) is -0.0128. The normalized spacial score (nSPS) is 19.5. The SMILES string of the molecule is COC(=O)c1c(C)oc(C)c1S(=O)(=O)N1CCN[C@@H](C)C1.Cl. The van der Waals surface area contributed by atoms with Gasteiger partial charge < -0.3 is 14.5 Å². The van der Waals surface area contributed by atoms with E-state index in [1.54, 1.807) is 6.92 Å². The third kappa shape index (κ3) is 3.29. The van der Waals surface area contributed by atoms with E-state index in [1.165, 1.54) is 18.3 Å². The van der Waals surface area contributed by atoms with E-state index >= 15 is 0 Å². The molecule has 0 bridgehead atoms. The standard InChI is InChI=1S/C13H20N2O5S.ClH/c1-8-7-15(6-5-14-8)21(17,18)12-10(3)20-9(2)11(12)13(16)19-4;/h8,14H,5-7H2,1-4H3;1H/t8-;/m0./s1. The molecule has 1 fully saturated rings. The van der Waals surface area contributed by atoms with Crippen molar-refractivity contribution in [3.8, 4) is 0 Å². The van der Waals surface area contributed by atoms with Crippen molar-refractivity contribution in [1.82, 2.24) is 9.62 Å². The molecule has 1 aliphatic heterocycles. The zero-order chi connectivity index (χ0) is 15.8. The molecule has 0 amide bonds. The molecule has 126 valence electrons. The molecule has 1 aliphatic rings. The van der Waals surface area contributed by atoms with Gasteiger partial charge in [-0.3, -0.25) is 0 Å². The number of hydrogen-bond donors (Lipinski definition) is 1. The van der Waals surface area contributed by atoms with Crippen LogP contribution in [0.25, 0.3) is 0 Å². The van der Waals surface area contributed by atoms with Crippen LogP contribution in [-0.2, 0) is 14.8 Å². The molecule has 1 atom stereocenters. The highest BCUT2D eigenvalue weighted by Gasteiger charge is 2.37. The van der Waals surface area contributed by atoms with E-state index in [-0.39, 0.29) is 40.4 Å². The Morgan fingerprint density at radius 2 is 2.00 bits per heavy atom. The highest BCUT2D eigenvalue weighted by Crippen LogP contribution is 2.30. The van der Waals surface area contributed by atoms with Crippen LogP contribution < -0.4 is 5.32 Å². The third-order valence-electron chi connectivity index (χ3n) is 3.52. The van der Waals surface area contributed by atoms with Gasteiger partial charge in [0.05, 0.1) is 7.11 Å². The molecule has 0 aliphatic carbocycles. The molecular formula is C13H21ClN2O5S. The number of rotatable bonds is 3. The second-order valence-corrected chi connectivity index (χ2v) is 7.00. The largest absolute Gasteiger partial charge is 0.465 e. The number of aryl methyl sites for hydroxylation is 2. The molecule has 9 heteroatoms. The summed E-state index contributed by atoms with van der Waals surface area (Å²) in [5, 5.41) is 3.18. The van der Waals surface area contributed by atoms with E-state index in [0.717, 1.165) is 0 Å². The fourth-order valence-electron chi connectivity index (χ4n) is 2.56. The number of esters is 1. The van der Waals surface area contributed by atoms with Gasteiger partial charge in [0.25, 0.3) is 0 Å². The summed E-state index contributed by atoms with van der Waals surface area (Å²) < 4.78 is 37.1. The number of furan rings is 1. The minimum atomic E-state index is -3.79. The average molecular weight is 353 g/mol. The average Bonchev–Trinajstić information content (AvgIpc) is 2.73. The number of sulfonamides is 1. The predicted molar refractivity (Wildman–Crippen MR) is 83.0 cm³/mol. The van der Waals surface area contributed by atoms with Gasteiger partial charge in [-0.25, -0.2) is 13.2 Å². The number of carbonyl (C=O) groups excluding carboxylic acids is 1. The monoisotopic (exact) mass is 352 g/mol. The number of methoxy groups -OCH3 is 1. The Morgan fingerprint density at radius 1 is 1.36 bits per heavy atom. The van der Waals surface area contributed by atoms with Crippen LogP contribution in [0.5, 0.6) is 0 Å². The van der Waals surface area contributed by atoms with E-state index in [4.69, 9.17) is 4.42 Å². The van der Waals surface area contributed by atoms with Gasteiger partial charge in [-0.1, -0.05) is 0 Å². The number of nitrogens with zero attached hydrogens (tertiary/aromatic N) is 1. The summed E-state index contributed by atoms with van der Waals surface area (Å²) in [6.45, 7) is 6.29. The van der Waals surface area contributed by atoms with Crippen LogP contribution in [0, 0.1) is 13.8 Å². The number of carbonyl (C=O) groups is 1. The van der Waals surface area contributed by atoms with Gasteiger partial charge in [0.2, 0.25) is 10.0 Å². The molecule has 2 rings (SSSR count). The molecule has 0 radical (unpaired) electrons. The molecule has 1 saturated heterocycles. The minimum Gasteiger partial charge on any atom is -0.465 e. The predicted octanol–water partition coefficient (Wildman–Crippen LogP) is 1.09. The summed E-state index contributed by atoms with van der Waals surface area (Å²) in [6, 6.07) is 0.0587. The zero-order valence-electron chi connectivity index (χ0n) is 13.0. The maximum atomic E-state index is 12.8. The third-order valence-corrected chi connectivity index (χ3v) is 5.54. The second-order valence-electron chi connectivity index (χ2n) is 5.13. The highest BCUT2D eigenvalue weighted by atomic mass is 35.5. The van der Waals surface area contributed by atoms with Crippen molar-refractivity contribution in [2.24, 2.45) is 0 Å². The van der Waals surface area contributed by atoms with E-state index in [9.17, 15) is 13.2 Å². The van der Waals surface area contributed by atoms with Crippen LogP contribution >= 0.6 is 12.4 Å². The molecule has 1 aromatic heterocycles. The number of hydrogen-bond acceptors (Lipinski definition) is 6. The molecule has 22 heavy (non-hydrogen) atoms. The highest BCUT2D eigenvalue weighted by molar-refractivity contribution is 7.89. The van der Waals surface area contributed by atoms with E-state index in [2.05, 4.69) is 10.1 Å². The number of piperazine rings is 1. The van der Waals surface area contributed by atoms with Gasteiger partial charge >= 0.3 is 5.97 Å². The van der Waals surface area contributed by atoms with E-state index in [1.807, 2.05) is 6.92 Å². The van der Waals surface area contributed by atoms with Crippen molar-refractivity contribution >= 4 is 28.4 Å². The van der Waals surface area contributed by atoms with Gasteiger partial charge in [-0.15, -0.1) is 12.4 Å². The first-order valence-electron chi connectivity index (χ1n) is 6.71. The lowest BCUT2D eigenvalue weighted by atomic mass is 10.2.